The van der Waals surface area contributed by atoms with Gasteiger partial charge in [-0.05, 0) is 36.4 Å². The molecule has 6 heteroatoms. The van der Waals surface area contributed by atoms with Crippen molar-refractivity contribution in [3.8, 4) is 5.75 Å². The van der Waals surface area contributed by atoms with E-state index in [1.54, 1.807) is 24.3 Å². The van der Waals surface area contributed by atoms with Gasteiger partial charge in [0.1, 0.15) is 12.3 Å². The van der Waals surface area contributed by atoms with Crippen LogP contribution in [0.5, 0.6) is 5.75 Å². The van der Waals surface area contributed by atoms with Crippen LogP contribution in [0.4, 0.5) is 16.2 Å². The number of benzene rings is 2. The average Bonchev–Trinajstić information content (AvgIpc) is 2.46. The molecule has 0 fully saturated rings. The first-order valence-corrected chi connectivity index (χ1v) is 6.20. The Morgan fingerprint density at radius 2 is 1.62 bits per heavy atom. The smallest absolute Gasteiger partial charge is 0.326 e. The molecule has 0 aliphatic carbocycles. The first-order chi connectivity index (χ1) is 10.1. The molecule has 2 aromatic carbocycles. The van der Waals surface area contributed by atoms with E-state index in [0.29, 0.717) is 11.4 Å². The molecule has 21 heavy (non-hydrogen) atoms. The van der Waals surface area contributed by atoms with E-state index in [2.05, 4.69) is 5.32 Å². The highest BCUT2D eigenvalue weighted by Gasteiger charge is 2.18. The summed E-state index contributed by atoms with van der Waals surface area (Å²) < 4.78 is 0. The SMILES string of the molecule is O=C(O)CN(C(=O)Nc1ccccc1)c1ccc(O)cc1. The van der Waals surface area contributed by atoms with Crippen molar-refractivity contribution in [1.29, 1.82) is 0 Å². The lowest BCUT2D eigenvalue weighted by Crippen LogP contribution is -2.38. The van der Waals surface area contributed by atoms with Crippen molar-refractivity contribution < 1.29 is 19.8 Å². The number of carbonyl (C=O) groups is 2. The number of hydrogen-bond donors (Lipinski definition) is 3. The molecule has 0 heterocycles. The molecule has 0 aliphatic heterocycles. The van der Waals surface area contributed by atoms with Crippen molar-refractivity contribution in [2.24, 2.45) is 0 Å². The van der Waals surface area contributed by atoms with Gasteiger partial charge in [0.25, 0.3) is 0 Å². The number of nitrogens with zero attached hydrogens (tertiary/aromatic N) is 1. The molecule has 2 amide bonds. The van der Waals surface area contributed by atoms with E-state index in [4.69, 9.17) is 5.11 Å². The van der Waals surface area contributed by atoms with Gasteiger partial charge in [-0.15, -0.1) is 0 Å². The number of carboxylic acids is 1. The molecule has 0 radical (unpaired) electrons. The molecule has 0 bridgehead atoms. The fraction of sp³-hybridized carbons (Fsp3) is 0.0667. The molecular weight excluding hydrogens is 272 g/mol. The Labute approximate surface area is 121 Å². The third-order valence-electron chi connectivity index (χ3n) is 2.72. The molecule has 0 spiro atoms. The van der Waals surface area contributed by atoms with Crippen molar-refractivity contribution in [2.75, 3.05) is 16.8 Å². The Morgan fingerprint density at radius 3 is 2.19 bits per heavy atom. The lowest BCUT2D eigenvalue weighted by atomic mass is 10.2. The number of anilines is 2. The van der Waals surface area contributed by atoms with E-state index in [0.717, 1.165) is 4.90 Å². The minimum atomic E-state index is -1.13. The fourth-order valence-corrected chi connectivity index (χ4v) is 1.76. The molecule has 0 saturated carbocycles. The summed E-state index contributed by atoms with van der Waals surface area (Å²) in [6.07, 6.45) is 0. The number of phenolic OH excluding ortho intramolecular Hbond substituents is 1. The summed E-state index contributed by atoms with van der Waals surface area (Å²) in [7, 11) is 0. The summed E-state index contributed by atoms with van der Waals surface area (Å²) in [6, 6.07) is 13.9. The Morgan fingerprint density at radius 1 is 1.00 bits per heavy atom. The molecule has 2 aromatic rings. The van der Waals surface area contributed by atoms with Gasteiger partial charge in [0.15, 0.2) is 0 Å². The van der Waals surface area contributed by atoms with Crippen molar-refractivity contribution in [3.63, 3.8) is 0 Å². The maximum atomic E-state index is 12.2. The fourth-order valence-electron chi connectivity index (χ4n) is 1.76. The number of hydrogen-bond acceptors (Lipinski definition) is 3. The topological polar surface area (TPSA) is 89.9 Å². The maximum Gasteiger partial charge on any atom is 0.326 e. The molecule has 0 unspecified atom stereocenters. The Kier molecular flexibility index (Phi) is 4.40. The zero-order valence-corrected chi connectivity index (χ0v) is 11.1. The molecule has 0 aliphatic rings. The van der Waals surface area contributed by atoms with Crippen LogP contribution in [0, 0.1) is 0 Å². The van der Waals surface area contributed by atoms with Crippen molar-refractivity contribution in [2.45, 2.75) is 0 Å². The minimum Gasteiger partial charge on any atom is -0.508 e. The Balaban J connectivity index is 2.21. The number of nitrogens with one attached hydrogen (secondary N) is 1. The highest BCUT2D eigenvalue weighted by molar-refractivity contribution is 6.04. The summed E-state index contributed by atoms with van der Waals surface area (Å²) in [4.78, 5) is 24.2. The number of phenols is 1. The van der Waals surface area contributed by atoms with Crippen LogP contribution >= 0.6 is 0 Å². The van der Waals surface area contributed by atoms with Gasteiger partial charge in [0.2, 0.25) is 0 Å². The molecule has 108 valence electrons. The number of amides is 2. The summed E-state index contributed by atoms with van der Waals surface area (Å²) in [6.45, 7) is -0.483. The first-order valence-electron chi connectivity index (χ1n) is 6.20. The van der Waals surface area contributed by atoms with Crippen LogP contribution in [0.15, 0.2) is 54.6 Å². The largest absolute Gasteiger partial charge is 0.508 e. The third kappa shape index (κ3) is 3.97. The molecule has 0 saturated heterocycles. The standard InChI is InChI=1S/C15H14N2O4/c18-13-8-6-12(7-9-13)17(10-14(19)20)15(21)16-11-4-2-1-3-5-11/h1-9,18H,10H2,(H,16,21)(H,19,20). The van der Waals surface area contributed by atoms with E-state index >= 15 is 0 Å². The lowest BCUT2D eigenvalue weighted by Gasteiger charge is -2.21. The van der Waals surface area contributed by atoms with Gasteiger partial charge in [-0.2, -0.15) is 0 Å². The van der Waals surface area contributed by atoms with Gasteiger partial charge >= 0.3 is 12.0 Å². The average molecular weight is 286 g/mol. The second kappa shape index (κ2) is 6.42. The van der Waals surface area contributed by atoms with Crippen LogP contribution in [0.3, 0.4) is 0 Å². The quantitative estimate of drug-likeness (QED) is 0.805. The van der Waals surface area contributed by atoms with Gasteiger partial charge in [-0.25, -0.2) is 4.79 Å². The lowest BCUT2D eigenvalue weighted by molar-refractivity contribution is -0.135. The predicted octanol–water partition coefficient (Wildman–Crippen LogP) is 2.52. The highest BCUT2D eigenvalue weighted by atomic mass is 16.4. The zero-order chi connectivity index (χ0) is 15.2. The van der Waals surface area contributed by atoms with E-state index in [-0.39, 0.29) is 5.75 Å². The number of aliphatic carboxylic acids is 1. The van der Waals surface area contributed by atoms with Crippen LogP contribution in [-0.4, -0.2) is 28.8 Å². The monoisotopic (exact) mass is 286 g/mol. The summed E-state index contributed by atoms with van der Waals surface area (Å²) >= 11 is 0. The van der Waals surface area contributed by atoms with Gasteiger partial charge in [-0.3, -0.25) is 9.69 Å². The summed E-state index contributed by atoms with van der Waals surface area (Å²) in [5.74, 6) is -1.09. The van der Waals surface area contributed by atoms with E-state index < -0.39 is 18.5 Å². The second-order valence-electron chi connectivity index (χ2n) is 4.29. The molecule has 0 aromatic heterocycles. The molecule has 0 atom stereocenters. The summed E-state index contributed by atoms with van der Waals surface area (Å²) in [5.41, 5.74) is 0.945. The van der Waals surface area contributed by atoms with Crippen molar-refractivity contribution in [3.05, 3.63) is 54.6 Å². The number of rotatable bonds is 4. The number of carboxylic acid groups (broad SMARTS) is 1. The number of carbonyl (C=O) groups excluding carboxylic acids is 1. The van der Waals surface area contributed by atoms with Gasteiger partial charge in [0, 0.05) is 11.4 Å². The number of aromatic hydroxyl groups is 1. The van der Waals surface area contributed by atoms with Crippen LogP contribution in [0.2, 0.25) is 0 Å². The van der Waals surface area contributed by atoms with Crippen LogP contribution < -0.4 is 10.2 Å². The molecular formula is C15H14N2O4. The van der Waals surface area contributed by atoms with Crippen LogP contribution in [0.1, 0.15) is 0 Å². The predicted molar refractivity (Wildman–Crippen MR) is 78.5 cm³/mol. The second-order valence-corrected chi connectivity index (χ2v) is 4.29. The normalized spacial score (nSPS) is 9.90. The van der Waals surface area contributed by atoms with Gasteiger partial charge in [0.05, 0.1) is 0 Å². The number of urea groups is 1. The number of para-hydroxylation sites is 1. The van der Waals surface area contributed by atoms with Crippen molar-refractivity contribution in [1.82, 2.24) is 0 Å². The van der Waals surface area contributed by atoms with Crippen molar-refractivity contribution >= 4 is 23.4 Å². The minimum absolute atomic E-state index is 0.0393. The van der Waals surface area contributed by atoms with E-state index in [9.17, 15) is 14.7 Å². The maximum absolute atomic E-state index is 12.2. The third-order valence-corrected chi connectivity index (χ3v) is 2.72. The molecule has 2 rings (SSSR count). The van der Waals surface area contributed by atoms with Crippen LogP contribution in [-0.2, 0) is 4.79 Å². The highest BCUT2D eigenvalue weighted by Crippen LogP contribution is 2.19. The van der Waals surface area contributed by atoms with E-state index in [1.807, 2.05) is 6.07 Å². The Hall–Kier alpha value is -3.02. The van der Waals surface area contributed by atoms with E-state index in [1.165, 1.54) is 24.3 Å². The molecule has 6 nitrogen and oxygen atoms in total. The first kappa shape index (κ1) is 14.4. The van der Waals surface area contributed by atoms with Gasteiger partial charge < -0.3 is 15.5 Å². The Bertz CT molecular complexity index is 626. The summed E-state index contributed by atoms with van der Waals surface area (Å²) in [5, 5.41) is 20.8. The molecule has 3 N–H and O–H groups in total. The van der Waals surface area contributed by atoms with Gasteiger partial charge in [-0.1, -0.05) is 18.2 Å². The zero-order valence-electron chi connectivity index (χ0n) is 11.1. The van der Waals surface area contributed by atoms with Crippen LogP contribution in [0.25, 0.3) is 0 Å².